The lowest BCUT2D eigenvalue weighted by Crippen LogP contribution is -2.55. The van der Waals surface area contributed by atoms with Crippen LogP contribution in [0.15, 0.2) is 4.99 Å². The van der Waals surface area contributed by atoms with Crippen molar-refractivity contribution >= 4 is 35.8 Å². The Morgan fingerprint density at radius 2 is 1.81 bits per heavy atom. The smallest absolute Gasteiger partial charge is 0.251 e. The predicted molar refractivity (Wildman–Crippen MR) is 112 cm³/mol. The molecule has 3 rings (SSSR count). The van der Waals surface area contributed by atoms with Crippen LogP contribution in [0.2, 0.25) is 0 Å². The summed E-state index contributed by atoms with van der Waals surface area (Å²) in [5.74, 6) is 1.06. The van der Waals surface area contributed by atoms with Gasteiger partial charge in [0.25, 0.3) is 5.91 Å². The third-order valence-corrected chi connectivity index (χ3v) is 5.35. The van der Waals surface area contributed by atoms with Gasteiger partial charge in [-0.1, -0.05) is 12.8 Å². The Kier molecular flexibility index (Phi) is 9.41. The lowest BCUT2D eigenvalue weighted by atomic mass is 10.2. The monoisotopic (exact) mass is 480 g/mol. The third-order valence-electron chi connectivity index (χ3n) is 5.35. The molecule has 0 bridgehead atoms. The fourth-order valence-corrected chi connectivity index (χ4v) is 3.89. The van der Waals surface area contributed by atoms with E-state index in [-0.39, 0.29) is 36.0 Å². The maximum atomic E-state index is 12.4. The van der Waals surface area contributed by atoms with Gasteiger partial charge in [-0.3, -0.25) is 9.79 Å². The van der Waals surface area contributed by atoms with Gasteiger partial charge in [-0.15, -0.1) is 24.0 Å². The number of aliphatic imine (C=N–C) groups is 1. The van der Waals surface area contributed by atoms with Gasteiger partial charge in [0.05, 0.1) is 12.7 Å². The Labute approximate surface area is 173 Å². The van der Waals surface area contributed by atoms with Gasteiger partial charge in [-0.2, -0.15) is 0 Å². The highest BCUT2D eigenvalue weighted by atomic mass is 127. The van der Waals surface area contributed by atoms with Crippen molar-refractivity contribution in [1.82, 2.24) is 15.1 Å². The van der Waals surface area contributed by atoms with Crippen LogP contribution in [-0.4, -0.2) is 86.9 Å². The zero-order chi connectivity index (χ0) is 17.5. The topological polar surface area (TPSA) is 66.4 Å². The van der Waals surface area contributed by atoms with E-state index in [1.807, 2.05) is 11.9 Å². The number of hydrogen-bond donors (Lipinski definition) is 1. The predicted octanol–water partition coefficient (Wildman–Crippen LogP) is 1.46. The summed E-state index contributed by atoms with van der Waals surface area (Å²) in [5, 5.41) is 3.39. The van der Waals surface area contributed by atoms with Gasteiger partial charge in [0, 0.05) is 46.4 Å². The normalized spacial score (nSPS) is 24.7. The zero-order valence-electron chi connectivity index (χ0n) is 15.8. The minimum Gasteiger partial charge on any atom is -0.376 e. The maximum absolute atomic E-state index is 12.4. The van der Waals surface area contributed by atoms with Crippen molar-refractivity contribution in [1.29, 1.82) is 0 Å². The van der Waals surface area contributed by atoms with E-state index >= 15 is 0 Å². The second kappa shape index (κ2) is 11.3. The summed E-state index contributed by atoms with van der Waals surface area (Å²) in [5.41, 5.74) is 0. The van der Waals surface area contributed by atoms with Crippen molar-refractivity contribution in [2.75, 3.05) is 53.0 Å². The van der Waals surface area contributed by atoms with Crippen molar-refractivity contribution in [3.8, 4) is 0 Å². The standard InChI is InChI=1S/C18H32N4O3.HI/c1-19-18(20-8-14-24-15-5-2-3-6-15)22-11-9-21(10-12-22)17(23)16-7-4-13-25-16;/h15-16H,2-14H2,1H3,(H,19,20);1H. The summed E-state index contributed by atoms with van der Waals surface area (Å²) in [6, 6.07) is 0. The van der Waals surface area contributed by atoms with Gasteiger partial charge in [-0.05, 0) is 25.7 Å². The van der Waals surface area contributed by atoms with E-state index in [1.54, 1.807) is 0 Å². The van der Waals surface area contributed by atoms with Crippen molar-refractivity contribution in [2.24, 2.45) is 4.99 Å². The second-order valence-corrected chi connectivity index (χ2v) is 7.07. The molecule has 1 saturated carbocycles. The van der Waals surface area contributed by atoms with Crippen molar-refractivity contribution < 1.29 is 14.3 Å². The van der Waals surface area contributed by atoms with Crippen LogP contribution in [0.25, 0.3) is 0 Å². The highest BCUT2D eigenvalue weighted by Gasteiger charge is 2.30. The Morgan fingerprint density at radius 3 is 2.42 bits per heavy atom. The number of ether oxygens (including phenoxy) is 2. The average molecular weight is 480 g/mol. The first-order valence-electron chi connectivity index (χ1n) is 9.75. The largest absolute Gasteiger partial charge is 0.376 e. The van der Waals surface area contributed by atoms with E-state index in [1.165, 1.54) is 25.7 Å². The molecule has 8 heteroatoms. The molecular formula is C18H33IN4O3. The molecule has 0 aromatic heterocycles. The minimum absolute atomic E-state index is 0. The molecular weight excluding hydrogens is 447 g/mol. The number of amides is 1. The number of hydrogen-bond acceptors (Lipinski definition) is 4. The van der Waals surface area contributed by atoms with Crippen molar-refractivity contribution in [2.45, 2.75) is 50.7 Å². The van der Waals surface area contributed by atoms with Crippen molar-refractivity contribution in [3.05, 3.63) is 0 Å². The SMILES string of the molecule is CN=C(NCCOC1CCCC1)N1CCN(C(=O)C2CCCO2)CC1.I. The molecule has 3 fully saturated rings. The summed E-state index contributed by atoms with van der Waals surface area (Å²) >= 11 is 0. The van der Waals surface area contributed by atoms with Gasteiger partial charge in [-0.25, -0.2) is 0 Å². The third kappa shape index (κ3) is 5.95. The van der Waals surface area contributed by atoms with Crippen LogP contribution in [0.5, 0.6) is 0 Å². The first kappa shape index (κ1) is 21.7. The number of carbonyl (C=O) groups excluding carboxylic acids is 1. The van der Waals surface area contributed by atoms with Crippen LogP contribution in [0.3, 0.4) is 0 Å². The number of nitrogens with zero attached hydrogens (tertiary/aromatic N) is 3. The number of halogens is 1. The van der Waals surface area contributed by atoms with E-state index in [0.29, 0.717) is 6.10 Å². The number of rotatable bonds is 5. The molecule has 3 aliphatic rings. The molecule has 0 aromatic rings. The fraction of sp³-hybridized carbons (Fsp3) is 0.889. The zero-order valence-corrected chi connectivity index (χ0v) is 18.2. The van der Waals surface area contributed by atoms with Gasteiger partial charge in [0.15, 0.2) is 5.96 Å². The summed E-state index contributed by atoms with van der Waals surface area (Å²) in [7, 11) is 1.81. The van der Waals surface area contributed by atoms with Gasteiger partial charge >= 0.3 is 0 Å². The first-order chi connectivity index (χ1) is 12.3. The molecule has 1 aliphatic carbocycles. The van der Waals surface area contributed by atoms with Crippen molar-refractivity contribution in [3.63, 3.8) is 0 Å². The lowest BCUT2D eigenvalue weighted by Gasteiger charge is -2.37. The molecule has 0 radical (unpaired) electrons. The van der Waals surface area contributed by atoms with Crippen LogP contribution in [0.4, 0.5) is 0 Å². The number of nitrogens with one attached hydrogen (secondary N) is 1. The van der Waals surface area contributed by atoms with Gasteiger partial charge < -0.3 is 24.6 Å². The molecule has 2 saturated heterocycles. The fourth-order valence-electron chi connectivity index (χ4n) is 3.89. The van der Waals surface area contributed by atoms with E-state index in [0.717, 1.165) is 64.7 Å². The summed E-state index contributed by atoms with van der Waals surface area (Å²) < 4.78 is 11.4. The summed E-state index contributed by atoms with van der Waals surface area (Å²) in [6.07, 6.45) is 7.11. The van der Waals surface area contributed by atoms with Crippen LogP contribution >= 0.6 is 24.0 Å². The van der Waals surface area contributed by atoms with E-state index in [9.17, 15) is 4.79 Å². The Morgan fingerprint density at radius 1 is 1.12 bits per heavy atom. The molecule has 1 N–H and O–H groups in total. The molecule has 1 amide bonds. The Bertz CT molecular complexity index is 457. The minimum atomic E-state index is -0.211. The summed E-state index contributed by atoms with van der Waals surface area (Å²) in [6.45, 7) is 5.30. The van der Waals surface area contributed by atoms with Crippen LogP contribution in [0, 0.1) is 0 Å². The molecule has 1 unspecified atom stereocenters. The maximum Gasteiger partial charge on any atom is 0.251 e. The second-order valence-electron chi connectivity index (χ2n) is 7.07. The number of carbonyl (C=O) groups is 1. The molecule has 0 spiro atoms. The first-order valence-corrected chi connectivity index (χ1v) is 9.75. The van der Waals surface area contributed by atoms with Crippen LogP contribution in [0.1, 0.15) is 38.5 Å². The van der Waals surface area contributed by atoms with E-state index in [4.69, 9.17) is 9.47 Å². The van der Waals surface area contributed by atoms with E-state index < -0.39 is 0 Å². The van der Waals surface area contributed by atoms with Crippen LogP contribution < -0.4 is 5.32 Å². The molecule has 2 aliphatic heterocycles. The molecule has 7 nitrogen and oxygen atoms in total. The molecule has 2 heterocycles. The van der Waals surface area contributed by atoms with Gasteiger partial charge in [0.2, 0.25) is 0 Å². The molecule has 26 heavy (non-hydrogen) atoms. The van der Waals surface area contributed by atoms with Crippen LogP contribution in [-0.2, 0) is 14.3 Å². The summed E-state index contributed by atoms with van der Waals surface area (Å²) in [4.78, 5) is 20.9. The lowest BCUT2D eigenvalue weighted by molar-refractivity contribution is -0.142. The van der Waals surface area contributed by atoms with Gasteiger partial charge in [0.1, 0.15) is 6.10 Å². The Hall–Kier alpha value is -0.610. The molecule has 1 atom stereocenters. The quantitative estimate of drug-likeness (QED) is 0.280. The number of guanidine groups is 1. The number of piperazine rings is 1. The Balaban J connectivity index is 0.00000243. The van der Waals surface area contributed by atoms with E-state index in [2.05, 4.69) is 15.2 Å². The average Bonchev–Trinajstić information content (AvgIpc) is 3.35. The highest BCUT2D eigenvalue weighted by molar-refractivity contribution is 14.0. The molecule has 0 aromatic carbocycles. The molecule has 150 valence electrons. The highest BCUT2D eigenvalue weighted by Crippen LogP contribution is 2.20.